The lowest BCUT2D eigenvalue weighted by atomic mass is 9.97. The van der Waals surface area contributed by atoms with E-state index in [4.69, 9.17) is 4.74 Å². The molecule has 0 aliphatic carbocycles. The number of carbonyl (C=O) groups excluding carboxylic acids is 2. The Hall–Kier alpha value is -2.11. The Morgan fingerprint density at radius 1 is 1.29 bits per heavy atom. The Morgan fingerprint density at radius 3 is 2.50 bits per heavy atom. The van der Waals surface area contributed by atoms with Crippen molar-refractivity contribution in [3.63, 3.8) is 0 Å². The Bertz CT molecular complexity index is 610. The molecule has 1 atom stereocenters. The van der Waals surface area contributed by atoms with Crippen LogP contribution >= 0.6 is 0 Å². The number of benzene rings is 1. The molecule has 1 aromatic carbocycles. The molecular weight excluding hydrogens is 311 g/mol. The van der Waals surface area contributed by atoms with Crippen LogP contribution < -0.4 is 5.32 Å². The summed E-state index contributed by atoms with van der Waals surface area (Å²) in [6.07, 6.45) is 0.862. The van der Waals surface area contributed by atoms with Crippen molar-refractivity contribution in [2.24, 2.45) is 0 Å². The van der Waals surface area contributed by atoms with Gasteiger partial charge in [0, 0.05) is 13.1 Å². The highest BCUT2D eigenvalue weighted by molar-refractivity contribution is 5.90. The fraction of sp³-hybridized carbons (Fsp3) is 0.556. The van der Waals surface area contributed by atoms with Crippen molar-refractivity contribution in [3.05, 3.63) is 35.6 Å². The second-order valence-corrected chi connectivity index (χ2v) is 7.32. The lowest BCUT2D eigenvalue weighted by Gasteiger charge is -2.35. The molecule has 1 unspecified atom stereocenters. The van der Waals surface area contributed by atoms with E-state index in [1.54, 1.807) is 39.8 Å². The standard InChI is InChI=1S/C18H25FN2O3/c1-17(2,3)24-16(23)21-11-5-10-18(21,4)15(22)20-12-13-6-8-14(19)9-7-13/h6-9H,5,10-12H2,1-4H3,(H,20,22). The summed E-state index contributed by atoms with van der Waals surface area (Å²) < 4.78 is 18.3. The first kappa shape index (κ1) is 18.2. The van der Waals surface area contributed by atoms with Crippen molar-refractivity contribution in [2.45, 2.75) is 58.2 Å². The van der Waals surface area contributed by atoms with E-state index in [9.17, 15) is 14.0 Å². The van der Waals surface area contributed by atoms with Crippen molar-refractivity contribution in [2.75, 3.05) is 6.54 Å². The molecular formula is C18H25FN2O3. The van der Waals surface area contributed by atoms with Crippen molar-refractivity contribution in [1.82, 2.24) is 10.2 Å². The fourth-order valence-electron chi connectivity index (χ4n) is 2.78. The minimum absolute atomic E-state index is 0.227. The van der Waals surface area contributed by atoms with E-state index < -0.39 is 17.2 Å². The summed E-state index contributed by atoms with van der Waals surface area (Å²) in [6, 6.07) is 5.95. The smallest absolute Gasteiger partial charge is 0.411 e. The van der Waals surface area contributed by atoms with Gasteiger partial charge in [0.2, 0.25) is 5.91 Å². The van der Waals surface area contributed by atoms with Gasteiger partial charge in [0.15, 0.2) is 0 Å². The summed E-state index contributed by atoms with van der Waals surface area (Å²) in [6.45, 7) is 7.93. The highest BCUT2D eigenvalue weighted by atomic mass is 19.1. The monoisotopic (exact) mass is 336 g/mol. The Labute approximate surface area is 142 Å². The van der Waals surface area contributed by atoms with Crippen molar-refractivity contribution < 1.29 is 18.7 Å². The van der Waals surface area contributed by atoms with Gasteiger partial charge in [-0.15, -0.1) is 0 Å². The molecule has 1 N–H and O–H groups in total. The fourth-order valence-corrected chi connectivity index (χ4v) is 2.78. The number of hydrogen-bond acceptors (Lipinski definition) is 3. The van der Waals surface area contributed by atoms with Gasteiger partial charge in [-0.3, -0.25) is 9.69 Å². The number of hydrogen-bond donors (Lipinski definition) is 1. The predicted molar refractivity (Wildman–Crippen MR) is 88.8 cm³/mol. The second kappa shape index (κ2) is 6.79. The van der Waals surface area contributed by atoms with E-state index >= 15 is 0 Å². The van der Waals surface area contributed by atoms with Gasteiger partial charge in [-0.25, -0.2) is 9.18 Å². The summed E-state index contributed by atoms with van der Waals surface area (Å²) in [5.41, 5.74) is -0.733. The number of nitrogens with zero attached hydrogens (tertiary/aromatic N) is 1. The van der Waals surface area contributed by atoms with Crippen molar-refractivity contribution >= 4 is 12.0 Å². The van der Waals surface area contributed by atoms with Crippen LogP contribution in [0.2, 0.25) is 0 Å². The van der Waals surface area contributed by atoms with Gasteiger partial charge in [0.25, 0.3) is 0 Å². The number of nitrogens with one attached hydrogen (secondary N) is 1. The van der Waals surface area contributed by atoms with Gasteiger partial charge >= 0.3 is 6.09 Å². The quantitative estimate of drug-likeness (QED) is 0.922. The number of amides is 2. The van der Waals surface area contributed by atoms with Crippen LogP contribution in [-0.2, 0) is 16.1 Å². The molecule has 132 valence electrons. The summed E-state index contributed by atoms with van der Waals surface area (Å²) >= 11 is 0. The minimum Gasteiger partial charge on any atom is -0.444 e. The highest BCUT2D eigenvalue weighted by Crippen LogP contribution is 2.31. The lowest BCUT2D eigenvalue weighted by molar-refractivity contribution is -0.131. The molecule has 1 aromatic rings. The molecule has 2 amide bonds. The van der Waals surface area contributed by atoms with Crippen LogP contribution in [0.3, 0.4) is 0 Å². The van der Waals surface area contributed by atoms with Gasteiger partial charge in [-0.05, 0) is 58.2 Å². The van der Waals surface area contributed by atoms with E-state index in [-0.39, 0.29) is 18.3 Å². The minimum atomic E-state index is -0.928. The van der Waals surface area contributed by atoms with Gasteiger partial charge in [-0.2, -0.15) is 0 Å². The van der Waals surface area contributed by atoms with Crippen LogP contribution in [0.25, 0.3) is 0 Å². The molecule has 24 heavy (non-hydrogen) atoms. The van der Waals surface area contributed by atoms with Gasteiger partial charge in [0.1, 0.15) is 17.0 Å². The molecule has 1 aliphatic heterocycles. The summed E-state index contributed by atoms with van der Waals surface area (Å²) in [5.74, 6) is -0.542. The summed E-state index contributed by atoms with van der Waals surface area (Å²) in [4.78, 5) is 26.5. The Balaban J connectivity index is 2.02. The molecule has 1 saturated heterocycles. The molecule has 0 saturated carbocycles. The molecule has 1 aliphatic rings. The number of ether oxygens (including phenoxy) is 1. The number of rotatable bonds is 3. The summed E-state index contributed by atoms with van der Waals surface area (Å²) in [7, 11) is 0. The normalized spacial score (nSPS) is 20.8. The third kappa shape index (κ3) is 4.24. The SMILES string of the molecule is CC(C)(C)OC(=O)N1CCCC1(C)C(=O)NCc1ccc(F)cc1. The van der Waals surface area contributed by atoms with Crippen LogP contribution in [-0.4, -0.2) is 34.6 Å². The maximum Gasteiger partial charge on any atom is 0.411 e. The first-order chi connectivity index (χ1) is 11.1. The molecule has 2 rings (SSSR count). The molecule has 1 heterocycles. The van der Waals surface area contributed by atoms with E-state index in [1.807, 2.05) is 0 Å². The number of carbonyl (C=O) groups is 2. The zero-order valence-corrected chi connectivity index (χ0v) is 14.7. The average Bonchev–Trinajstić information content (AvgIpc) is 2.88. The maximum atomic E-state index is 12.9. The Kier molecular flexibility index (Phi) is 5.16. The van der Waals surface area contributed by atoms with Crippen LogP contribution in [0.5, 0.6) is 0 Å². The van der Waals surface area contributed by atoms with E-state index in [0.717, 1.165) is 12.0 Å². The molecule has 0 bridgehead atoms. The van der Waals surface area contributed by atoms with Crippen LogP contribution in [0.4, 0.5) is 9.18 Å². The molecule has 0 aromatic heterocycles. The predicted octanol–water partition coefficient (Wildman–Crippen LogP) is 3.23. The van der Waals surface area contributed by atoms with Crippen LogP contribution in [0.15, 0.2) is 24.3 Å². The first-order valence-electron chi connectivity index (χ1n) is 8.15. The van der Waals surface area contributed by atoms with E-state index in [0.29, 0.717) is 13.0 Å². The van der Waals surface area contributed by atoms with Crippen LogP contribution in [0.1, 0.15) is 46.1 Å². The molecule has 0 spiro atoms. The van der Waals surface area contributed by atoms with Crippen molar-refractivity contribution in [3.8, 4) is 0 Å². The lowest BCUT2D eigenvalue weighted by Crippen LogP contribution is -2.56. The molecule has 0 radical (unpaired) electrons. The third-order valence-corrected chi connectivity index (χ3v) is 4.11. The Morgan fingerprint density at radius 2 is 1.92 bits per heavy atom. The van der Waals surface area contributed by atoms with Gasteiger partial charge in [-0.1, -0.05) is 12.1 Å². The highest BCUT2D eigenvalue weighted by Gasteiger charge is 2.47. The topological polar surface area (TPSA) is 58.6 Å². The average molecular weight is 336 g/mol. The molecule has 5 nitrogen and oxygen atoms in total. The van der Waals surface area contributed by atoms with Gasteiger partial charge < -0.3 is 10.1 Å². The summed E-state index contributed by atoms with van der Waals surface area (Å²) in [5, 5.41) is 2.84. The third-order valence-electron chi connectivity index (χ3n) is 4.11. The van der Waals surface area contributed by atoms with Gasteiger partial charge in [0.05, 0.1) is 0 Å². The second-order valence-electron chi connectivity index (χ2n) is 7.32. The number of halogens is 1. The van der Waals surface area contributed by atoms with Crippen LogP contribution in [0, 0.1) is 5.82 Å². The van der Waals surface area contributed by atoms with Crippen molar-refractivity contribution in [1.29, 1.82) is 0 Å². The molecule has 6 heteroatoms. The largest absolute Gasteiger partial charge is 0.444 e. The first-order valence-corrected chi connectivity index (χ1v) is 8.15. The van der Waals surface area contributed by atoms with E-state index in [1.165, 1.54) is 17.0 Å². The zero-order valence-electron chi connectivity index (χ0n) is 14.7. The zero-order chi connectivity index (χ0) is 18.0. The van der Waals surface area contributed by atoms with E-state index in [2.05, 4.69) is 5.32 Å². The maximum absolute atomic E-state index is 12.9. The number of likely N-dealkylation sites (tertiary alicyclic amines) is 1. The molecule has 1 fully saturated rings.